The maximum absolute atomic E-state index is 14.1. The third kappa shape index (κ3) is 5.41. The number of imidazole rings is 1. The average Bonchev–Trinajstić information content (AvgIpc) is 3.85. The molecule has 8 rings (SSSR count). The first-order valence-corrected chi connectivity index (χ1v) is 18.3. The number of anilines is 1. The summed E-state index contributed by atoms with van der Waals surface area (Å²) in [6, 6.07) is 10.2. The first-order chi connectivity index (χ1) is 22.8. The van der Waals surface area contributed by atoms with E-state index >= 15 is 0 Å². The van der Waals surface area contributed by atoms with Gasteiger partial charge in [-0.3, -0.25) is 14.4 Å². The molecule has 12 heteroatoms. The van der Waals surface area contributed by atoms with E-state index in [1.54, 1.807) is 6.92 Å². The van der Waals surface area contributed by atoms with Crippen molar-refractivity contribution < 1.29 is 17.6 Å². The van der Waals surface area contributed by atoms with Gasteiger partial charge in [-0.1, -0.05) is 26.0 Å². The van der Waals surface area contributed by atoms with Gasteiger partial charge in [0.05, 0.1) is 39.3 Å². The van der Waals surface area contributed by atoms with Crippen LogP contribution in [-0.4, -0.2) is 56.9 Å². The van der Waals surface area contributed by atoms with Crippen molar-refractivity contribution in [3.8, 4) is 22.7 Å². The Labute approximate surface area is 274 Å². The van der Waals surface area contributed by atoms with Gasteiger partial charge in [-0.2, -0.15) is 0 Å². The molecule has 2 aliphatic heterocycles. The van der Waals surface area contributed by atoms with E-state index in [1.807, 2.05) is 41.1 Å². The number of aromatic nitrogens is 6. The molecule has 0 radical (unpaired) electrons. The third-order valence-electron chi connectivity index (χ3n) is 10.0. The Morgan fingerprint density at radius 1 is 1.04 bits per heavy atom. The van der Waals surface area contributed by atoms with Crippen LogP contribution in [0, 0.1) is 18.8 Å². The molecule has 1 aliphatic carbocycles. The topological polar surface area (TPSA) is 137 Å². The van der Waals surface area contributed by atoms with Crippen molar-refractivity contribution in [2.75, 3.05) is 24.3 Å². The summed E-state index contributed by atoms with van der Waals surface area (Å²) >= 11 is 0. The van der Waals surface area contributed by atoms with Crippen LogP contribution in [0.25, 0.3) is 28.4 Å². The Bertz CT molecular complexity index is 2080. The molecule has 1 N–H and O–H groups in total. The third-order valence-corrected chi connectivity index (χ3v) is 11.9. The molecular formula is C35H39N7O4S. The Morgan fingerprint density at radius 2 is 1.89 bits per heavy atom. The summed E-state index contributed by atoms with van der Waals surface area (Å²) in [5, 5.41) is 12.3. The smallest absolute Gasteiger partial charge is 0.250 e. The molecule has 2 atom stereocenters. The van der Waals surface area contributed by atoms with Crippen molar-refractivity contribution >= 4 is 21.3 Å². The van der Waals surface area contributed by atoms with Crippen molar-refractivity contribution in [1.29, 1.82) is 0 Å². The molecule has 0 spiro atoms. The molecular weight excluding hydrogens is 614 g/mol. The number of hydrogen-bond acceptors (Lipinski definition) is 10. The molecule has 1 fully saturated rings. The van der Waals surface area contributed by atoms with E-state index in [-0.39, 0.29) is 34.4 Å². The molecule has 0 bridgehead atoms. The zero-order chi connectivity index (χ0) is 32.3. The standard InChI is InChI=1S/C35H39N7O4S/c1-20(2)24-19-47(43,44)34-31(32(35-41-40-21(3)46-35)27(39-33(24)34)10-9-22-13-16-45-17-14-22)28-18-42-29(7-4-8-30(42)38-28)37-26-12-11-25-23(26)6-5-15-36-25/h4-8,15,18,20,22,24,26,37H,9-14,16-17,19H2,1-3H3/t24-,26-/m0/s1. The molecule has 47 heavy (non-hydrogen) atoms. The van der Waals surface area contributed by atoms with Gasteiger partial charge in [0.2, 0.25) is 11.8 Å². The number of nitrogens with one attached hydrogen (secondary N) is 1. The largest absolute Gasteiger partial charge is 0.421 e. The maximum atomic E-state index is 14.1. The van der Waals surface area contributed by atoms with Gasteiger partial charge in [0.25, 0.3) is 0 Å². The minimum Gasteiger partial charge on any atom is -0.421 e. The van der Waals surface area contributed by atoms with Crippen LogP contribution in [0.15, 0.2) is 52.0 Å². The van der Waals surface area contributed by atoms with Gasteiger partial charge in [-0.05, 0) is 74.1 Å². The van der Waals surface area contributed by atoms with Gasteiger partial charge in [0.15, 0.2) is 9.84 Å². The van der Waals surface area contributed by atoms with Crippen LogP contribution in [0.4, 0.5) is 5.82 Å². The van der Waals surface area contributed by atoms with Crippen molar-refractivity contribution in [2.24, 2.45) is 11.8 Å². The Morgan fingerprint density at radius 3 is 2.68 bits per heavy atom. The number of ether oxygens (including phenoxy) is 1. The maximum Gasteiger partial charge on any atom is 0.250 e. The minimum atomic E-state index is -3.69. The lowest BCUT2D eigenvalue weighted by Gasteiger charge is -2.23. The second-order valence-electron chi connectivity index (χ2n) is 13.4. The van der Waals surface area contributed by atoms with Gasteiger partial charge in [-0.25, -0.2) is 13.4 Å². The van der Waals surface area contributed by atoms with E-state index in [0.29, 0.717) is 46.4 Å². The van der Waals surface area contributed by atoms with Gasteiger partial charge in [-0.15, -0.1) is 10.2 Å². The Balaban J connectivity index is 1.31. The molecule has 1 saturated heterocycles. The molecule has 0 amide bonds. The van der Waals surface area contributed by atoms with Crippen LogP contribution in [0.5, 0.6) is 0 Å². The number of sulfone groups is 1. The van der Waals surface area contributed by atoms with Crippen LogP contribution in [-0.2, 0) is 27.4 Å². The van der Waals surface area contributed by atoms with Gasteiger partial charge in [0.1, 0.15) is 11.5 Å². The zero-order valence-corrected chi connectivity index (χ0v) is 27.8. The van der Waals surface area contributed by atoms with E-state index in [4.69, 9.17) is 19.1 Å². The normalized spacial score (nSPS) is 20.6. The summed E-state index contributed by atoms with van der Waals surface area (Å²) < 4.78 is 41.9. The van der Waals surface area contributed by atoms with Crippen molar-refractivity contribution in [3.63, 3.8) is 0 Å². The molecule has 5 aromatic rings. The van der Waals surface area contributed by atoms with Gasteiger partial charge < -0.3 is 14.5 Å². The predicted octanol–water partition coefficient (Wildman–Crippen LogP) is 6.14. The molecule has 3 aliphatic rings. The zero-order valence-electron chi connectivity index (χ0n) is 26.9. The monoisotopic (exact) mass is 653 g/mol. The quantitative estimate of drug-likeness (QED) is 0.208. The highest BCUT2D eigenvalue weighted by atomic mass is 32.2. The van der Waals surface area contributed by atoms with E-state index < -0.39 is 9.84 Å². The first kappa shape index (κ1) is 30.2. The van der Waals surface area contributed by atoms with E-state index in [9.17, 15) is 8.42 Å². The summed E-state index contributed by atoms with van der Waals surface area (Å²) in [5.41, 5.74) is 6.04. The highest BCUT2D eigenvalue weighted by molar-refractivity contribution is 7.92. The number of aryl methyl sites for hydroxylation is 3. The highest BCUT2D eigenvalue weighted by Crippen LogP contribution is 2.48. The summed E-state index contributed by atoms with van der Waals surface area (Å²) in [6.45, 7) is 7.39. The summed E-state index contributed by atoms with van der Waals surface area (Å²) in [5.74, 6) is 1.92. The fourth-order valence-electron chi connectivity index (χ4n) is 7.53. The molecule has 0 aromatic carbocycles. The molecule has 7 heterocycles. The fourth-order valence-corrected chi connectivity index (χ4v) is 9.75. The fraction of sp³-hybridized carbons (Fsp3) is 0.457. The average molecular weight is 654 g/mol. The van der Waals surface area contributed by atoms with E-state index in [2.05, 4.69) is 40.4 Å². The summed E-state index contributed by atoms with van der Waals surface area (Å²) in [6.07, 6.45) is 9.19. The van der Waals surface area contributed by atoms with Crippen LogP contribution in [0.2, 0.25) is 0 Å². The second kappa shape index (κ2) is 11.8. The van der Waals surface area contributed by atoms with E-state index in [0.717, 1.165) is 62.5 Å². The number of pyridine rings is 3. The second-order valence-corrected chi connectivity index (χ2v) is 15.4. The predicted molar refractivity (Wildman–Crippen MR) is 177 cm³/mol. The molecule has 0 unspecified atom stereocenters. The number of fused-ring (bicyclic) bond motifs is 3. The van der Waals surface area contributed by atoms with Gasteiger partial charge in [0, 0.05) is 49.7 Å². The van der Waals surface area contributed by atoms with Crippen molar-refractivity contribution in [3.05, 3.63) is 71.3 Å². The van der Waals surface area contributed by atoms with Crippen LogP contribution >= 0.6 is 0 Å². The lowest BCUT2D eigenvalue weighted by molar-refractivity contribution is 0.0639. The Hall–Kier alpha value is -4.16. The van der Waals surface area contributed by atoms with Crippen LogP contribution in [0.3, 0.4) is 0 Å². The summed E-state index contributed by atoms with van der Waals surface area (Å²) in [4.78, 5) is 15.1. The minimum absolute atomic E-state index is 0.0149. The highest BCUT2D eigenvalue weighted by Gasteiger charge is 2.43. The van der Waals surface area contributed by atoms with Crippen LogP contribution < -0.4 is 5.32 Å². The first-order valence-electron chi connectivity index (χ1n) is 16.6. The number of rotatable bonds is 8. The molecule has 244 valence electrons. The van der Waals surface area contributed by atoms with Gasteiger partial charge >= 0.3 is 0 Å². The molecule has 11 nitrogen and oxygen atoms in total. The Kier molecular flexibility index (Phi) is 7.59. The molecule has 0 saturated carbocycles. The molecule has 5 aromatic heterocycles. The lowest BCUT2D eigenvalue weighted by Crippen LogP contribution is -2.17. The van der Waals surface area contributed by atoms with Crippen molar-refractivity contribution in [2.45, 2.75) is 76.2 Å². The van der Waals surface area contributed by atoms with Crippen molar-refractivity contribution in [1.82, 2.24) is 29.5 Å². The van der Waals surface area contributed by atoms with Crippen LogP contribution in [0.1, 0.15) is 80.0 Å². The SMILES string of the molecule is Cc1nnc(-c2c(CCC3CCOCC3)nc3c(c2-c2cn4c(N[C@H]5CCc6ncccc65)cccc4n2)S(=O)(=O)C[C@H]3C(C)C)o1. The number of hydrogen-bond donors (Lipinski definition) is 1. The summed E-state index contributed by atoms with van der Waals surface area (Å²) in [7, 11) is -3.69. The number of nitrogens with zero attached hydrogens (tertiary/aromatic N) is 6. The lowest BCUT2D eigenvalue weighted by atomic mass is 9.89. The van der Waals surface area contributed by atoms with E-state index in [1.165, 1.54) is 5.56 Å².